The van der Waals surface area contributed by atoms with Crippen LogP contribution >= 0.6 is 0 Å². The van der Waals surface area contributed by atoms with Gasteiger partial charge in [-0.05, 0) is 42.9 Å². The lowest BCUT2D eigenvalue weighted by atomic mass is 9.80. The molecule has 1 N–H and O–H groups in total. The molecule has 1 aromatic carbocycles. The van der Waals surface area contributed by atoms with Crippen molar-refractivity contribution in [1.82, 2.24) is 4.90 Å². The maximum Gasteiger partial charge on any atom is 0.0635 e. The highest BCUT2D eigenvalue weighted by Crippen LogP contribution is 2.33. The third-order valence-corrected chi connectivity index (χ3v) is 5.36. The first kappa shape index (κ1) is 29.2. The van der Waals surface area contributed by atoms with Crippen molar-refractivity contribution in [1.29, 1.82) is 10.5 Å². The van der Waals surface area contributed by atoms with Gasteiger partial charge in [0.25, 0.3) is 0 Å². The molecule has 32 heavy (non-hydrogen) atoms. The first-order valence-electron chi connectivity index (χ1n) is 11.7. The molecular formula is C28H42N4. The number of hydrogen-bond donors (Lipinski definition) is 1. The van der Waals surface area contributed by atoms with Crippen molar-refractivity contribution in [3.8, 4) is 12.1 Å². The molecule has 0 spiro atoms. The molecule has 4 nitrogen and oxygen atoms in total. The van der Waals surface area contributed by atoms with E-state index in [2.05, 4.69) is 97.8 Å². The summed E-state index contributed by atoms with van der Waals surface area (Å²) in [6.07, 6.45) is 12.7. The van der Waals surface area contributed by atoms with Crippen LogP contribution in [0.1, 0.15) is 66.4 Å². The lowest BCUT2D eigenvalue weighted by Gasteiger charge is -2.26. The molecular weight excluding hydrogens is 392 g/mol. The van der Waals surface area contributed by atoms with Gasteiger partial charge >= 0.3 is 0 Å². The van der Waals surface area contributed by atoms with Gasteiger partial charge in [-0.1, -0.05) is 76.3 Å². The summed E-state index contributed by atoms with van der Waals surface area (Å²) in [5.74, 6) is 0. The molecule has 0 aliphatic heterocycles. The van der Waals surface area contributed by atoms with Crippen LogP contribution in [0.15, 0.2) is 60.2 Å². The van der Waals surface area contributed by atoms with Crippen LogP contribution in [-0.4, -0.2) is 31.1 Å². The summed E-state index contributed by atoms with van der Waals surface area (Å²) in [6, 6.07) is 13.0. The Labute approximate surface area is 196 Å². The highest BCUT2D eigenvalue weighted by atomic mass is 15.1. The van der Waals surface area contributed by atoms with Crippen LogP contribution in [-0.2, 0) is 5.41 Å². The van der Waals surface area contributed by atoms with Crippen molar-refractivity contribution < 1.29 is 0 Å². The number of rotatable bonds is 12. The van der Waals surface area contributed by atoms with Crippen molar-refractivity contribution in [2.75, 3.05) is 25.5 Å². The van der Waals surface area contributed by atoms with Gasteiger partial charge in [0.15, 0.2) is 0 Å². The van der Waals surface area contributed by atoms with E-state index >= 15 is 0 Å². The highest BCUT2D eigenvalue weighted by molar-refractivity contribution is 5.54. The van der Waals surface area contributed by atoms with Crippen LogP contribution in [0, 0.1) is 22.7 Å². The summed E-state index contributed by atoms with van der Waals surface area (Å²) in [7, 11) is 1.96. The molecule has 0 saturated carbocycles. The largest absolute Gasteiger partial charge is 0.388 e. The summed E-state index contributed by atoms with van der Waals surface area (Å²) in [6.45, 7) is 14.1. The van der Waals surface area contributed by atoms with Crippen molar-refractivity contribution in [2.24, 2.45) is 0 Å². The molecule has 0 amide bonds. The predicted molar refractivity (Wildman–Crippen MR) is 139 cm³/mol. The summed E-state index contributed by atoms with van der Waals surface area (Å²) in [5, 5.41) is 21.0. The van der Waals surface area contributed by atoms with Crippen LogP contribution in [0.5, 0.6) is 0 Å². The number of hydrogen-bond acceptors (Lipinski definition) is 4. The molecule has 0 fully saturated rings. The van der Waals surface area contributed by atoms with E-state index in [1.165, 1.54) is 11.3 Å². The second-order valence-electron chi connectivity index (χ2n) is 8.03. The maximum absolute atomic E-state index is 8.87. The lowest BCUT2D eigenvalue weighted by Crippen LogP contribution is -2.33. The van der Waals surface area contributed by atoms with Crippen LogP contribution < -0.4 is 5.32 Å². The molecule has 0 aliphatic carbocycles. The van der Waals surface area contributed by atoms with E-state index in [4.69, 9.17) is 10.5 Å². The second kappa shape index (κ2) is 16.8. The molecule has 0 saturated heterocycles. The Morgan fingerprint density at radius 2 is 1.69 bits per heavy atom. The van der Waals surface area contributed by atoms with Crippen molar-refractivity contribution in [2.45, 2.75) is 72.3 Å². The van der Waals surface area contributed by atoms with Gasteiger partial charge in [-0.2, -0.15) is 10.5 Å². The Balaban J connectivity index is 0.00000466. The molecule has 1 atom stereocenters. The van der Waals surface area contributed by atoms with Gasteiger partial charge < -0.3 is 5.32 Å². The summed E-state index contributed by atoms with van der Waals surface area (Å²) in [5.41, 5.74) is 3.66. The highest BCUT2D eigenvalue weighted by Gasteiger charge is 2.21. The Morgan fingerprint density at radius 3 is 2.22 bits per heavy atom. The normalized spacial score (nSPS) is 12.9. The van der Waals surface area contributed by atoms with E-state index in [0.29, 0.717) is 25.9 Å². The number of nitrogens with zero attached hydrogens (tertiary/aromatic N) is 3. The van der Waals surface area contributed by atoms with Crippen molar-refractivity contribution in [3.63, 3.8) is 0 Å². The number of nitriles is 2. The molecule has 0 bridgehead atoms. The third kappa shape index (κ3) is 10.5. The quantitative estimate of drug-likeness (QED) is 0.360. The molecule has 1 rings (SSSR count). The Hall–Kier alpha value is -2.82. The number of allylic oxidation sites excluding steroid dienone is 5. The molecule has 0 radical (unpaired) electrons. The van der Waals surface area contributed by atoms with Gasteiger partial charge in [0, 0.05) is 44.7 Å². The van der Waals surface area contributed by atoms with Gasteiger partial charge in [-0.3, -0.25) is 4.90 Å². The van der Waals surface area contributed by atoms with E-state index in [9.17, 15) is 0 Å². The standard InChI is InChI=1S/C26H36N4.C2H6/c1-6-23(16-15-22(2)30(20-10-18-27)21-11-19-28)12-9-17-26(3,4)24-13-7-8-14-25(24)29-5;1-2/h6-9,12-16,22,29H,10-11,17,20-21H2,1-5H3;1-2H3/b12-9+,16-15-,23-6-;. The summed E-state index contributed by atoms with van der Waals surface area (Å²) < 4.78 is 0. The fourth-order valence-electron chi connectivity index (χ4n) is 3.42. The zero-order valence-corrected chi connectivity index (χ0v) is 21.2. The Kier molecular flexibility index (Phi) is 15.3. The minimum absolute atomic E-state index is 0.0251. The van der Waals surface area contributed by atoms with E-state index in [1.807, 2.05) is 27.8 Å². The molecule has 0 aliphatic rings. The fourth-order valence-corrected chi connectivity index (χ4v) is 3.42. The monoisotopic (exact) mass is 434 g/mol. The molecule has 0 heterocycles. The average molecular weight is 435 g/mol. The molecule has 1 unspecified atom stereocenters. The van der Waals surface area contributed by atoms with Gasteiger partial charge in [-0.15, -0.1) is 0 Å². The van der Waals surface area contributed by atoms with Gasteiger partial charge in [0.2, 0.25) is 0 Å². The van der Waals surface area contributed by atoms with Crippen LogP contribution in [0.2, 0.25) is 0 Å². The number of benzene rings is 1. The average Bonchev–Trinajstić information content (AvgIpc) is 2.82. The predicted octanol–water partition coefficient (Wildman–Crippen LogP) is 7.00. The van der Waals surface area contributed by atoms with Crippen LogP contribution in [0.3, 0.4) is 0 Å². The first-order chi connectivity index (χ1) is 15.4. The van der Waals surface area contributed by atoms with E-state index in [0.717, 1.165) is 12.0 Å². The topological polar surface area (TPSA) is 62.9 Å². The zero-order valence-electron chi connectivity index (χ0n) is 21.2. The lowest BCUT2D eigenvalue weighted by molar-refractivity contribution is 0.252. The molecule has 1 aromatic rings. The van der Waals surface area contributed by atoms with E-state index < -0.39 is 0 Å². The number of nitrogens with one attached hydrogen (secondary N) is 1. The molecule has 0 aromatic heterocycles. The van der Waals surface area contributed by atoms with Crippen molar-refractivity contribution >= 4 is 5.69 Å². The van der Waals surface area contributed by atoms with Gasteiger partial charge in [-0.25, -0.2) is 0 Å². The minimum Gasteiger partial charge on any atom is -0.388 e. The zero-order chi connectivity index (χ0) is 24.4. The Bertz CT molecular complexity index is 801. The van der Waals surface area contributed by atoms with Crippen LogP contribution in [0.4, 0.5) is 5.69 Å². The fraction of sp³-hybridized carbons (Fsp3) is 0.500. The maximum atomic E-state index is 8.87. The SMILES string of the molecule is C/C=C(\C=C/C(C)N(CCC#N)CCC#N)/C=C/CC(C)(C)c1ccccc1NC.CC. The van der Waals surface area contributed by atoms with E-state index in [1.54, 1.807) is 0 Å². The minimum atomic E-state index is 0.0251. The first-order valence-corrected chi connectivity index (χ1v) is 11.7. The number of anilines is 1. The molecule has 174 valence electrons. The molecule has 4 heteroatoms. The second-order valence-corrected chi connectivity index (χ2v) is 8.03. The Morgan fingerprint density at radius 1 is 1.09 bits per heavy atom. The summed E-state index contributed by atoms with van der Waals surface area (Å²) >= 11 is 0. The third-order valence-electron chi connectivity index (χ3n) is 5.36. The van der Waals surface area contributed by atoms with Gasteiger partial charge in [0.05, 0.1) is 12.1 Å². The smallest absolute Gasteiger partial charge is 0.0635 e. The van der Waals surface area contributed by atoms with Crippen molar-refractivity contribution in [3.05, 3.63) is 65.8 Å². The van der Waals surface area contributed by atoms with Gasteiger partial charge in [0.1, 0.15) is 0 Å². The summed E-state index contributed by atoms with van der Waals surface area (Å²) in [4.78, 5) is 2.18. The van der Waals surface area contributed by atoms with Crippen LogP contribution in [0.25, 0.3) is 0 Å². The van der Waals surface area contributed by atoms with E-state index in [-0.39, 0.29) is 11.5 Å². The number of para-hydroxylation sites is 1.